The van der Waals surface area contributed by atoms with E-state index in [2.05, 4.69) is 24.3 Å². The van der Waals surface area contributed by atoms with Crippen molar-refractivity contribution >= 4 is 17.4 Å². The Balaban J connectivity index is 2.30. The van der Waals surface area contributed by atoms with Crippen LogP contribution in [0.4, 0.5) is 0 Å². The van der Waals surface area contributed by atoms with E-state index in [0.717, 1.165) is 0 Å². The van der Waals surface area contributed by atoms with Crippen molar-refractivity contribution in [2.75, 3.05) is 0 Å². The molecule has 0 aromatic heterocycles. The van der Waals surface area contributed by atoms with E-state index in [9.17, 15) is 4.79 Å². The van der Waals surface area contributed by atoms with Crippen molar-refractivity contribution in [1.29, 1.82) is 0 Å². The molecule has 0 heterocycles. The summed E-state index contributed by atoms with van der Waals surface area (Å²) in [5, 5.41) is 0. The van der Waals surface area contributed by atoms with Crippen molar-refractivity contribution in [3.8, 4) is 0 Å². The van der Waals surface area contributed by atoms with Crippen LogP contribution >= 0.6 is 0 Å². The van der Waals surface area contributed by atoms with Gasteiger partial charge < -0.3 is 0 Å². The highest BCUT2D eigenvalue weighted by Crippen LogP contribution is 2.34. The minimum absolute atomic E-state index is 0.314. The van der Waals surface area contributed by atoms with Gasteiger partial charge in [-0.3, -0.25) is 4.79 Å². The molecule has 0 atom stereocenters. The fourth-order valence-corrected chi connectivity index (χ4v) is 2.20. The molecule has 0 aliphatic heterocycles. The molecule has 14 heavy (non-hydrogen) atoms. The fraction of sp³-hybridized carbons (Fsp3) is 0.154. The third kappa shape index (κ3) is 0.987. The van der Waals surface area contributed by atoms with Crippen LogP contribution in [0.15, 0.2) is 30.4 Å². The van der Waals surface area contributed by atoms with Crippen LogP contribution in [-0.4, -0.2) is 5.78 Å². The Morgan fingerprint density at radius 3 is 3.00 bits per heavy atom. The van der Waals surface area contributed by atoms with E-state index in [4.69, 9.17) is 0 Å². The van der Waals surface area contributed by atoms with E-state index in [-0.39, 0.29) is 0 Å². The molecule has 0 fully saturated rings. The van der Waals surface area contributed by atoms with Crippen LogP contribution in [-0.2, 0) is 11.2 Å². The average Bonchev–Trinajstić information content (AvgIpc) is 2.51. The van der Waals surface area contributed by atoms with Gasteiger partial charge in [0.2, 0.25) is 0 Å². The molecular formula is C13H10O. The molecule has 0 N–H and O–H groups in total. The third-order valence-corrected chi connectivity index (χ3v) is 2.85. The number of benzene rings is 1. The van der Waals surface area contributed by atoms with Gasteiger partial charge in [-0.25, -0.2) is 0 Å². The summed E-state index contributed by atoms with van der Waals surface area (Å²) in [6, 6.07) is 6.19. The molecule has 0 unspecified atom stereocenters. The molecule has 0 saturated heterocycles. The molecule has 68 valence electrons. The number of allylic oxidation sites excluding steroid dienone is 3. The molecule has 0 bridgehead atoms. The maximum absolute atomic E-state index is 11.5. The van der Waals surface area contributed by atoms with Crippen LogP contribution < -0.4 is 0 Å². The monoisotopic (exact) mass is 182 g/mol. The highest BCUT2D eigenvalue weighted by molar-refractivity contribution is 5.97. The Morgan fingerprint density at radius 2 is 2.07 bits per heavy atom. The van der Waals surface area contributed by atoms with Crippen molar-refractivity contribution in [3.63, 3.8) is 0 Å². The van der Waals surface area contributed by atoms with Crippen molar-refractivity contribution in [1.82, 2.24) is 0 Å². The first-order valence-corrected chi connectivity index (χ1v) is 4.87. The lowest BCUT2D eigenvalue weighted by atomic mass is 9.98. The maximum Gasteiger partial charge on any atom is 0.141 e. The van der Waals surface area contributed by atoms with Crippen LogP contribution in [0, 0.1) is 0 Å². The topological polar surface area (TPSA) is 17.1 Å². The minimum atomic E-state index is 0.314. The molecule has 2 aliphatic carbocycles. The predicted octanol–water partition coefficient (Wildman–Crippen LogP) is 2.61. The smallest absolute Gasteiger partial charge is 0.141 e. The molecule has 1 heteroatoms. The van der Waals surface area contributed by atoms with E-state index >= 15 is 0 Å². The Bertz CT molecular complexity index is 478. The molecule has 1 aromatic carbocycles. The van der Waals surface area contributed by atoms with Crippen molar-refractivity contribution in [2.24, 2.45) is 0 Å². The normalized spacial score (nSPS) is 17.7. The van der Waals surface area contributed by atoms with Gasteiger partial charge in [-0.1, -0.05) is 36.4 Å². The molecule has 0 radical (unpaired) electrons. The summed E-state index contributed by atoms with van der Waals surface area (Å²) in [6.45, 7) is 0. The number of Topliss-reactive ketones (excluding diaryl/α,β-unsaturated/α-hetero) is 1. The quantitative estimate of drug-likeness (QED) is 0.602. The number of hydrogen-bond donors (Lipinski definition) is 0. The van der Waals surface area contributed by atoms with Gasteiger partial charge in [0.15, 0.2) is 0 Å². The van der Waals surface area contributed by atoms with E-state index in [1.807, 2.05) is 12.1 Å². The lowest BCUT2D eigenvalue weighted by Gasteiger charge is -2.05. The molecule has 0 saturated carbocycles. The van der Waals surface area contributed by atoms with Gasteiger partial charge in [-0.2, -0.15) is 0 Å². The third-order valence-electron chi connectivity index (χ3n) is 2.85. The lowest BCUT2D eigenvalue weighted by molar-refractivity contribution is -0.117. The summed E-state index contributed by atoms with van der Waals surface area (Å²) in [4.78, 5) is 11.5. The SMILES string of the molecule is O=C1CC=C2C=Cc3cccc(c32)C1. The van der Waals surface area contributed by atoms with Gasteiger partial charge in [0, 0.05) is 12.8 Å². The number of ketones is 1. The lowest BCUT2D eigenvalue weighted by Crippen LogP contribution is -2.00. The summed E-state index contributed by atoms with van der Waals surface area (Å²) in [7, 11) is 0. The Labute approximate surface area is 82.8 Å². The molecule has 0 spiro atoms. The van der Waals surface area contributed by atoms with Gasteiger partial charge in [0.05, 0.1) is 0 Å². The molecule has 0 amide bonds. The van der Waals surface area contributed by atoms with Gasteiger partial charge in [-0.15, -0.1) is 0 Å². The molecule has 2 aliphatic rings. The van der Waals surface area contributed by atoms with Gasteiger partial charge >= 0.3 is 0 Å². The zero-order valence-corrected chi connectivity index (χ0v) is 7.79. The Hall–Kier alpha value is -1.63. The zero-order valence-electron chi connectivity index (χ0n) is 7.79. The Kier molecular flexibility index (Phi) is 1.48. The van der Waals surface area contributed by atoms with Crippen LogP contribution in [0.5, 0.6) is 0 Å². The second kappa shape index (κ2) is 2.68. The van der Waals surface area contributed by atoms with Crippen molar-refractivity contribution < 1.29 is 4.79 Å². The van der Waals surface area contributed by atoms with Crippen LogP contribution in [0.25, 0.3) is 11.6 Å². The van der Waals surface area contributed by atoms with Crippen LogP contribution in [0.2, 0.25) is 0 Å². The summed E-state index contributed by atoms with van der Waals surface area (Å²) >= 11 is 0. The maximum atomic E-state index is 11.5. The van der Waals surface area contributed by atoms with E-state index < -0.39 is 0 Å². The second-order valence-corrected chi connectivity index (χ2v) is 3.79. The van der Waals surface area contributed by atoms with E-state index in [0.29, 0.717) is 18.6 Å². The number of carbonyl (C=O) groups is 1. The zero-order chi connectivity index (χ0) is 9.54. The van der Waals surface area contributed by atoms with E-state index in [1.54, 1.807) is 0 Å². The molecule has 1 aromatic rings. The van der Waals surface area contributed by atoms with E-state index in [1.165, 1.54) is 22.3 Å². The first-order valence-electron chi connectivity index (χ1n) is 4.87. The molecule has 1 nitrogen and oxygen atoms in total. The van der Waals surface area contributed by atoms with Crippen molar-refractivity contribution in [2.45, 2.75) is 12.8 Å². The molecular weight excluding hydrogens is 172 g/mol. The predicted molar refractivity (Wildman–Crippen MR) is 56.8 cm³/mol. The summed E-state index contributed by atoms with van der Waals surface area (Å²) in [5.74, 6) is 0.314. The standard InChI is InChI=1S/C13H10O/c14-12-7-6-10-5-4-9-2-1-3-11(8-12)13(9)10/h1-6H,7-8H2. The highest BCUT2D eigenvalue weighted by Gasteiger charge is 2.19. The number of hydrogen-bond acceptors (Lipinski definition) is 1. The largest absolute Gasteiger partial charge is 0.299 e. The fourth-order valence-electron chi connectivity index (χ4n) is 2.20. The first kappa shape index (κ1) is 7.74. The van der Waals surface area contributed by atoms with Crippen molar-refractivity contribution in [3.05, 3.63) is 47.0 Å². The van der Waals surface area contributed by atoms with Gasteiger partial charge in [0.25, 0.3) is 0 Å². The number of rotatable bonds is 0. The Morgan fingerprint density at radius 1 is 1.14 bits per heavy atom. The summed E-state index contributed by atoms with van der Waals surface area (Å²) < 4.78 is 0. The summed E-state index contributed by atoms with van der Waals surface area (Å²) in [5.41, 5.74) is 4.93. The van der Waals surface area contributed by atoms with Gasteiger partial charge in [-0.05, 0) is 22.3 Å². The van der Waals surface area contributed by atoms with Crippen LogP contribution in [0.3, 0.4) is 0 Å². The average molecular weight is 182 g/mol. The first-order chi connectivity index (χ1) is 6.84. The second-order valence-electron chi connectivity index (χ2n) is 3.79. The molecule has 3 rings (SSSR count). The number of carbonyl (C=O) groups excluding carboxylic acids is 1. The minimum Gasteiger partial charge on any atom is -0.299 e. The highest BCUT2D eigenvalue weighted by atomic mass is 16.1. The van der Waals surface area contributed by atoms with Gasteiger partial charge in [0.1, 0.15) is 5.78 Å². The summed E-state index contributed by atoms with van der Waals surface area (Å²) in [6.07, 6.45) is 7.44. The van der Waals surface area contributed by atoms with Crippen LogP contribution in [0.1, 0.15) is 23.1 Å².